The molecule has 0 spiro atoms. The van der Waals surface area contributed by atoms with Gasteiger partial charge in [-0.1, -0.05) is 18.2 Å². The fourth-order valence-corrected chi connectivity index (χ4v) is 2.13. The van der Waals surface area contributed by atoms with E-state index in [4.69, 9.17) is 0 Å². The summed E-state index contributed by atoms with van der Waals surface area (Å²) in [4.78, 5) is 12.7. The van der Waals surface area contributed by atoms with Crippen molar-refractivity contribution < 1.29 is 0 Å². The Hall–Kier alpha value is -2.49. The van der Waals surface area contributed by atoms with Crippen molar-refractivity contribution in [1.29, 1.82) is 0 Å². The lowest BCUT2D eigenvalue weighted by Gasteiger charge is -2.07. The fraction of sp³-hybridized carbons (Fsp3) is 0.133. The van der Waals surface area contributed by atoms with Crippen molar-refractivity contribution >= 4 is 16.6 Å². The second-order valence-electron chi connectivity index (χ2n) is 4.22. The van der Waals surface area contributed by atoms with E-state index in [1.165, 1.54) is 0 Å². The molecule has 0 bridgehead atoms. The van der Waals surface area contributed by atoms with Gasteiger partial charge in [-0.25, -0.2) is 9.97 Å². The lowest BCUT2D eigenvalue weighted by molar-refractivity contribution is 1.11. The zero-order valence-electron chi connectivity index (χ0n) is 10.7. The highest BCUT2D eigenvalue weighted by atomic mass is 15.0. The molecule has 0 radical (unpaired) electrons. The van der Waals surface area contributed by atoms with E-state index in [1.807, 2.05) is 31.3 Å². The normalized spacial score (nSPS) is 10.6. The molecule has 3 aromatic rings. The van der Waals surface area contributed by atoms with Gasteiger partial charge in [-0.05, 0) is 18.4 Å². The van der Waals surface area contributed by atoms with Crippen molar-refractivity contribution in [1.82, 2.24) is 15.0 Å². The van der Waals surface area contributed by atoms with Gasteiger partial charge in [-0.15, -0.1) is 0 Å². The molecule has 4 heteroatoms. The van der Waals surface area contributed by atoms with Gasteiger partial charge in [0.05, 0.1) is 5.69 Å². The van der Waals surface area contributed by atoms with Gasteiger partial charge >= 0.3 is 0 Å². The van der Waals surface area contributed by atoms with Gasteiger partial charge in [0, 0.05) is 36.0 Å². The van der Waals surface area contributed by atoms with E-state index in [-0.39, 0.29) is 0 Å². The molecule has 0 saturated carbocycles. The standard InChI is InChI=1S/C15H14N4/c1-2-17-15-8-14(18-10-19-15)13-5-3-4-11-9-16-7-6-12(11)13/h3-10H,2H2,1H3,(H,17,18,19). The number of fused-ring (bicyclic) bond motifs is 1. The first-order valence-corrected chi connectivity index (χ1v) is 6.27. The zero-order valence-corrected chi connectivity index (χ0v) is 10.7. The Morgan fingerprint density at radius 2 is 2.11 bits per heavy atom. The highest BCUT2D eigenvalue weighted by Crippen LogP contribution is 2.27. The molecule has 0 fully saturated rings. The summed E-state index contributed by atoms with van der Waals surface area (Å²) >= 11 is 0. The first-order chi connectivity index (χ1) is 9.38. The van der Waals surface area contributed by atoms with Gasteiger partial charge in [-0.3, -0.25) is 4.98 Å². The maximum Gasteiger partial charge on any atom is 0.129 e. The minimum Gasteiger partial charge on any atom is -0.370 e. The number of aromatic nitrogens is 3. The lowest BCUT2D eigenvalue weighted by Crippen LogP contribution is -2.00. The monoisotopic (exact) mass is 250 g/mol. The molecule has 1 N–H and O–H groups in total. The van der Waals surface area contributed by atoms with E-state index in [0.717, 1.165) is 34.4 Å². The molecule has 0 aliphatic heterocycles. The van der Waals surface area contributed by atoms with Crippen LogP contribution in [-0.4, -0.2) is 21.5 Å². The van der Waals surface area contributed by atoms with E-state index in [1.54, 1.807) is 12.5 Å². The molecule has 3 rings (SSSR count). The Balaban J connectivity index is 2.16. The van der Waals surface area contributed by atoms with Crippen LogP contribution in [0.2, 0.25) is 0 Å². The van der Waals surface area contributed by atoms with Crippen LogP contribution in [0.15, 0.2) is 49.1 Å². The molecule has 94 valence electrons. The predicted octanol–water partition coefficient (Wildman–Crippen LogP) is 3.12. The molecule has 0 aliphatic carbocycles. The second-order valence-corrected chi connectivity index (χ2v) is 4.22. The molecule has 0 unspecified atom stereocenters. The van der Waals surface area contributed by atoms with E-state index in [0.29, 0.717) is 0 Å². The third-order valence-electron chi connectivity index (χ3n) is 2.98. The highest BCUT2D eigenvalue weighted by Gasteiger charge is 2.05. The largest absolute Gasteiger partial charge is 0.370 e. The third kappa shape index (κ3) is 2.25. The number of anilines is 1. The molecular formula is C15H14N4. The Labute approximate surface area is 111 Å². The smallest absolute Gasteiger partial charge is 0.129 e. The van der Waals surface area contributed by atoms with Crippen molar-refractivity contribution in [2.24, 2.45) is 0 Å². The number of hydrogen-bond donors (Lipinski definition) is 1. The van der Waals surface area contributed by atoms with Crippen LogP contribution in [0.25, 0.3) is 22.0 Å². The Bertz CT molecular complexity index is 704. The van der Waals surface area contributed by atoms with E-state index < -0.39 is 0 Å². The van der Waals surface area contributed by atoms with Crippen LogP contribution in [0.3, 0.4) is 0 Å². The summed E-state index contributed by atoms with van der Waals surface area (Å²) < 4.78 is 0. The molecule has 19 heavy (non-hydrogen) atoms. The molecule has 0 saturated heterocycles. The van der Waals surface area contributed by atoms with Crippen LogP contribution < -0.4 is 5.32 Å². The maximum absolute atomic E-state index is 4.37. The van der Waals surface area contributed by atoms with Gasteiger partial charge < -0.3 is 5.32 Å². The number of benzene rings is 1. The SMILES string of the molecule is CCNc1cc(-c2cccc3cnccc23)ncn1. The van der Waals surface area contributed by atoms with Gasteiger partial charge in [-0.2, -0.15) is 0 Å². The maximum atomic E-state index is 4.37. The van der Waals surface area contributed by atoms with Crippen molar-refractivity contribution in [2.45, 2.75) is 6.92 Å². The summed E-state index contributed by atoms with van der Waals surface area (Å²) in [7, 11) is 0. The fourth-order valence-electron chi connectivity index (χ4n) is 2.13. The van der Waals surface area contributed by atoms with Crippen LogP contribution in [0, 0.1) is 0 Å². The average molecular weight is 250 g/mol. The molecule has 0 aliphatic rings. The Kier molecular flexibility index (Phi) is 3.06. The summed E-state index contributed by atoms with van der Waals surface area (Å²) in [5.74, 6) is 0.846. The summed E-state index contributed by atoms with van der Waals surface area (Å²) in [6.07, 6.45) is 5.26. The van der Waals surface area contributed by atoms with Gasteiger partial charge in [0.15, 0.2) is 0 Å². The van der Waals surface area contributed by atoms with E-state index in [2.05, 4.69) is 32.4 Å². The molecule has 4 nitrogen and oxygen atoms in total. The quantitative estimate of drug-likeness (QED) is 0.776. The summed E-state index contributed by atoms with van der Waals surface area (Å²) in [5, 5.41) is 5.47. The number of pyridine rings is 1. The van der Waals surface area contributed by atoms with E-state index >= 15 is 0 Å². The number of rotatable bonds is 3. The summed E-state index contributed by atoms with van der Waals surface area (Å²) in [6, 6.07) is 10.1. The second kappa shape index (κ2) is 5.02. The van der Waals surface area contributed by atoms with Crippen molar-refractivity contribution in [3.63, 3.8) is 0 Å². The van der Waals surface area contributed by atoms with E-state index in [9.17, 15) is 0 Å². The number of nitrogens with zero attached hydrogens (tertiary/aromatic N) is 3. The topological polar surface area (TPSA) is 50.7 Å². The van der Waals surface area contributed by atoms with Gasteiger partial charge in [0.25, 0.3) is 0 Å². The molecule has 2 aromatic heterocycles. The first kappa shape index (κ1) is 11.6. The minimum absolute atomic E-state index is 0.843. The Morgan fingerprint density at radius 1 is 1.16 bits per heavy atom. The lowest BCUT2D eigenvalue weighted by atomic mass is 10.0. The Morgan fingerprint density at radius 3 is 3.00 bits per heavy atom. The number of hydrogen-bond acceptors (Lipinski definition) is 4. The van der Waals surface area contributed by atoms with Crippen LogP contribution in [0.1, 0.15) is 6.92 Å². The van der Waals surface area contributed by atoms with Crippen molar-refractivity contribution in [2.75, 3.05) is 11.9 Å². The van der Waals surface area contributed by atoms with Gasteiger partial charge in [0.2, 0.25) is 0 Å². The van der Waals surface area contributed by atoms with Crippen LogP contribution in [0.4, 0.5) is 5.82 Å². The van der Waals surface area contributed by atoms with Gasteiger partial charge in [0.1, 0.15) is 12.1 Å². The van der Waals surface area contributed by atoms with Crippen LogP contribution >= 0.6 is 0 Å². The van der Waals surface area contributed by atoms with Crippen LogP contribution in [0.5, 0.6) is 0 Å². The molecule has 0 amide bonds. The predicted molar refractivity (Wildman–Crippen MR) is 76.9 cm³/mol. The number of nitrogens with one attached hydrogen (secondary N) is 1. The zero-order chi connectivity index (χ0) is 13.1. The molecule has 1 aromatic carbocycles. The van der Waals surface area contributed by atoms with Crippen LogP contribution in [-0.2, 0) is 0 Å². The van der Waals surface area contributed by atoms with Crippen molar-refractivity contribution in [3.8, 4) is 11.3 Å². The summed E-state index contributed by atoms with van der Waals surface area (Å²) in [6.45, 7) is 2.89. The molecule has 0 atom stereocenters. The van der Waals surface area contributed by atoms with Crippen molar-refractivity contribution in [3.05, 3.63) is 49.1 Å². The average Bonchev–Trinajstić information content (AvgIpc) is 2.47. The summed E-state index contributed by atoms with van der Waals surface area (Å²) in [5.41, 5.74) is 2.02. The molecular weight excluding hydrogens is 236 g/mol. The first-order valence-electron chi connectivity index (χ1n) is 6.27. The third-order valence-corrected chi connectivity index (χ3v) is 2.98. The highest BCUT2D eigenvalue weighted by molar-refractivity contribution is 5.95. The molecule has 2 heterocycles. The minimum atomic E-state index is 0.843.